The molecule has 7 nitrogen and oxygen atoms in total. The third-order valence-electron chi connectivity index (χ3n) is 8.31. The Hall–Kier alpha value is -3.27. The third kappa shape index (κ3) is 5.47. The van der Waals surface area contributed by atoms with Crippen LogP contribution < -0.4 is 0 Å². The van der Waals surface area contributed by atoms with Crippen LogP contribution in [0.1, 0.15) is 43.2 Å². The summed E-state index contributed by atoms with van der Waals surface area (Å²) in [4.78, 5) is 25.2. The molecule has 2 aromatic rings. The number of carboxylic acids is 1. The second-order valence-corrected chi connectivity index (χ2v) is 13.0. The van der Waals surface area contributed by atoms with E-state index in [2.05, 4.69) is 0 Å². The fourth-order valence-electron chi connectivity index (χ4n) is 5.82. The van der Waals surface area contributed by atoms with E-state index in [4.69, 9.17) is 0 Å². The van der Waals surface area contributed by atoms with E-state index in [1.54, 1.807) is 0 Å². The minimum absolute atomic E-state index is 0.00519. The number of nitrogens with zero attached hydrogens (tertiary/aromatic N) is 1. The first-order valence-electron chi connectivity index (χ1n) is 12.9. The van der Waals surface area contributed by atoms with E-state index >= 15 is 4.39 Å². The van der Waals surface area contributed by atoms with Crippen LogP contribution >= 0.6 is 0 Å². The number of likely N-dealkylation sites (tertiary alicyclic amines) is 1. The number of benzene rings is 2. The van der Waals surface area contributed by atoms with Gasteiger partial charge in [0.25, 0.3) is 5.60 Å². The van der Waals surface area contributed by atoms with Crippen LogP contribution in [-0.2, 0) is 29.8 Å². The van der Waals surface area contributed by atoms with Gasteiger partial charge in [0.2, 0.25) is 5.91 Å². The van der Waals surface area contributed by atoms with Crippen LogP contribution in [0.2, 0.25) is 0 Å². The summed E-state index contributed by atoms with van der Waals surface area (Å²) < 4.78 is 135. The van der Waals surface area contributed by atoms with Gasteiger partial charge >= 0.3 is 18.3 Å². The molecule has 16 heteroatoms. The summed E-state index contributed by atoms with van der Waals surface area (Å²) in [6.45, 7) is -0.928. The number of halogens is 8. The molecule has 1 aliphatic carbocycles. The molecule has 236 valence electrons. The molecule has 2 fully saturated rings. The summed E-state index contributed by atoms with van der Waals surface area (Å²) in [5.74, 6) is -5.91. The number of carbonyl (C=O) groups excluding carboxylic acids is 1. The molecule has 1 amide bonds. The number of amides is 1. The number of alkyl halides is 6. The van der Waals surface area contributed by atoms with Gasteiger partial charge in [-0.05, 0) is 68.0 Å². The molecule has 43 heavy (non-hydrogen) atoms. The molecule has 1 heterocycles. The van der Waals surface area contributed by atoms with Crippen LogP contribution in [0, 0.1) is 23.5 Å². The lowest BCUT2D eigenvalue weighted by molar-refractivity contribution is -0.377. The first-order chi connectivity index (χ1) is 19.8. The summed E-state index contributed by atoms with van der Waals surface area (Å²) in [6, 6.07) is 4.04. The molecule has 2 aliphatic rings. The minimum atomic E-state index is -6.40. The van der Waals surface area contributed by atoms with Crippen molar-refractivity contribution in [1.82, 2.24) is 4.90 Å². The molecule has 0 spiro atoms. The molecule has 4 rings (SSSR count). The van der Waals surface area contributed by atoms with Crippen LogP contribution in [0.4, 0.5) is 35.1 Å². The fraction of sp³-hybridized carbons (Fsp3) is 0.481. The monoisotopic (exact) mass is 643 g/mol. The predicted octanol–water partition coefficient (Wildman–Crippen LogP) is 5.07. The average Bonchev–Trinajstić information content (AvgIpc) is 3.39. The summed E-state index contributed by atoms with van der Waals surface area (Å²) in [5, 5.41) is 18.9. The van der Waals surface area contributed by atoms with E-state index < -0.39 is 96.9 Å². The molecular weight excluding hydrogens is 618 g/mol. The van der Waals surface area contributed by atoms with Crippen molar-refractivity contribution in [2.45, 2.75) is 59.7 Å². The molecule has 1 atom stereocenters. The fourth-order valence-corrected chi connectivity index (χ4v) is 7.89. The summed E-state index contributed by atoms with van der Waals surface area (Å²) in [7, 11) is -4.72. The zero-order valence-electron chi connectivity index (χ0n) is 22.1. The minimum Gasteiger partial charge on any atom is -0.481 e. The second kappa shape index (κ2) is 11.0. The third-order valence-corrected chi connectivity index (χ3v) is 10.8. The van der Waals surface area contributed by atoms with E-state index in [0.29, 0.717) is 6.07 Å². The molecule has 1 saturated heterocycles. The van der Waals surface area contributed by atoms with Gasteiger partial charge in [-0.25, -0.2) is 17.2 Å². The Morgan fingerprint density at radius 2 is 1.40 bits per heavy atom. The van der Waals surface area contributed by atoms with Crippen molar-refractivity contribution >= 4 is 21.7 Å². The summed E-state index contributed by atoms with van der Waals surface area (Å²) >= 11 is 0. The Balaban J connectivity index is 1.79. The number of rotatable bonds is 6. The van der Waals surface area contributed by atoms with Crippen LogP contribution in [-0.4, -0.2) is 60.8 Å². The maximum atomic E-state index is 15.2. The lowest BCUT2D eigenvalue weighted by Gasteiger charge is -2.34. The molecule has 1 aliphatic heterocycles. The standard InChI is InChI=1S/C27H25F8NO6S/c28-18-6-8-19(9-7-18)43(41,42)24(11-12-36(14-24)22(37)15-1-3-16(4-2-15)23(38)39)17-5-10-20(21(29)13-17)25(40,26(30,31)32)27(33,34)35/h5-10,13,15-16,40H,1-4,11-12,14H2,(H,38,39)/t15?,16?,24-/m0/s1. The molecule has 0 aromatic heterocycles. The van der Waals surface area contributed by atoms with E-state index in [0.717, 1.165) is 29.2 Å². The van der Waals surface area contributed by atoms with Crippen molar-refractivity contribution < 1.29 is 63.3 Å². The van der Waals surface area contributed by atoms with Gasteiger partial charge < -0.3 is 15.1 Å². The number of aliphatic hydroxyl groups is 1. The number of carboxylic acid groups (broad SMARTS) is 1. The first-order valence-corrected chi connectivity index (χ1v) is 14.4. The van der Waals surface area contributed by atoms with Crippen molar-refractivity contribution in [2.75, 3.05) is 13.1 Å². The average molecular weight is 644 g/mol. The van der Waals surface area contributed by atoms with Gasteiger partial charge in [0.05, 0.1) is 10.8 Å². The maximum Gasteiger partial charge on any atom is 0.430 e. The number of sulfone groups is 1. The quantitative estimate of drug-likeness (QED) is 0.336. The van der Waals surface area contributed by atoms with Gasteiger partial charge in [0.1, 0.15) is 16.4 Å². The maximum absolute atomic E-state index is 15.2. The van der Waals surface area contributed by atoms with Crippen molar-refractivity contribution in [2.24, 2.45) is 11.8 Å². The Morgan fingerprint density at radius 1 is 0.860 bits per heavy atom. The Morgan fingerprint density at radius 3 is 1.88 bits per heavy atom. The smallest absolute Gasteiger partial charge is 0.430 e. The van der Waals surface area contributed by atoms with E-state index in [1.807, 2.05) is 0 Å². The molecular formula is C27H25F8NO6S. The van der Waals surface area contributed by atoms with Crippen LogP contribution in [0.15, 0.2) is 47.4 Å². The van der Waals surface area contributed by atoms with Gasteiger partial charge in [0.15, 0.2) is 9.84 Å². The highest BCUT2D eigenvalue weighted by Crippen LogP contribution is 2.52. The van der Waals surface area contributed by atoms with Crippen LogP contribution in [0.25, 0.3) is 0 Å². The number of hydrogen-bond donors (Lipinski definition) is 2. The van der Waals surface area contributed by atoms with Crippen molar-refractivity contribution in [3.05, 3.63) is 65.2 Å². The lowest BCUT2D eigenvalue weighted by Crippen LogP contribution is -2.54. The molecule has 0 unspecified atom stereocenters. The van der Waals surface area contributed by atoms with Crippen molar-refractivity contribution in [1.29, 1.82) is 0 Å². The highest BCUT2D eigenvalue weighted by Gasteiger charge is 2.72. The number of hydrogen-bond acceptors (Lipinski definition) is 5. The molecule has 2 N–H and O–H groups in total. The predicted molar refractivity (Wildman–Crippen MR) is 132 cm³/mol. The van der Waals surface area contributed by atoms with E-state index in [1.165, 1.54) is 0 Å². The highest BCUT2D eigenvalue weighted by molar-refractivity contribution is 7.92. The van der Waals surface area contributed by atoms with Gasteiger partial charge in [-0.2, -0.15) is 26.3 Å². The van der Waals surface area contributed by atoms with Crippen molar-refractivity contribution in [3.63, 3.8) is 0 Å². The summed E-state index contributed by atoms with van der Waals surface area (Å²) in [5.41, 5.74) is -8.40. The normalized spacial score (nSPS) is 23.8. The lowest BCUT2D eigenvalue weighted by atomic mass is 9.81. The van der Waals surface area contributed by atoms with Crippen LogP contribution in [0.3, 0.4) is 0 Å². The van der Waals surface area contributed by atoms with Gasteiger partial charge in [-0.1, -0.05) is 12.1 Å². The molecule has 1 saturated carbocycles. The Bertz CT molecular complexity index is 1490. The first kappa shape index (κ1) is 32.6. The topological polar surface area (TPSA) is 112 Å². The number of carbonyl (C=O) groups is 2. The van der Waals surface area contributed by atoms with E-state index in [9.17, 15) is 59.0 Å². The Labute approximate surface area is 240 Å². The van der Waals surface area contributed by atoms with Gasteiger partial charge in [0, 0.05) is 24.6 Å². The number of aliphatic carboxylic acids is 1. The molecule has 0 radical (unpaired) electrons. The van der Waals surface area contributed by atoms with E-state index in [-0.39, 0.29) is 44.4 Å². The molecule has 2 aromatic carbocycles. The summed E-state index contributed by atoms with van der Waals surface area (Å²) in [6.07, 6.45) is -12.5. The zero-order valence-corrected chi connectivity index (χ0v) is 22.9. The van der Waals surface area contributed by atoms with Crippen molar-refractivity contribution in [3.8, 4) is 0 Å². The Kier molecular flexibility index (Phi) is 8.37. The van der Waals surface area contributed by atoms with Gasteiger partial charge in [-0.15, -0.1) is 0 Å². The molecule has 0 bridgehead atoms. The SMILES string of the molecule is O=C(O)C1CCC(C(=O)N2CC[C@](c3ccc(C(O)(C(F)(F)F)C(F)(F)F)c(F)c3)(S(=O)(=O)c3ccc(F)cc3)C2)CC1. The largest absolute Gasteiger partial charge is 0.481 e. The highest BCUT2D eigenvalue weighted by atomic mass is 32.2. The second-order valence-electron chi connectivity index (χ2n) is 10.7. The van der Waals surface area contributed by atoms with Gasteiger partial charge in [-0.3, -0.25) is 9.59 Å². The zero-order chi connectivity index (χ0) is 32.2. The van der Waals surface area contributed by atoms with Crippen LogP contribution in [0.5, 0.6) is 0 Å².